The molecule has 1 aliphatic carbocycles. The number of carbonyl (C=O) groups excluding carboxylic acids is 1. The van der Waals surface area contributed by atoms with Gasteiger partial charge in [0, 0.05) is 5.92 Å². The van der Waals surface area contributed by atoms with Crippen LogP contribution in [-0.4, -0.2) is 17.0 Å². The van der Waals surface area contributed by atoms with E-state index in [9.17, 15) is 9.59 Å². The molecular formula is C12H19NO3. The number of hydrogen-bond acceptors (Lipinski definition) is 2. The predicted molar refractivity (Wildman–Crippen MR) is 60.6 cm³/mol. The molecule has 1 fully saturated rings. The van der Waals surface area contributed by atoms with Crippen LogP contribution >= 0.6 is 0 Å². The highest BCUT2D eigenvalue weighted by atomic mass is 16.4. The summed E-state index contributed by atoms with van der Waals surface area (Å²) < 4.78 is 0. The number of carboxylic acids is 1. The summed E-state index contributed by atoms with van der Waals surface area (Å²) in [6.07, 6.45) is 2.38. The van der Waals surface area contributed by atoms with E-state index in [-0.39, 0.29) is 28.9 Å². The van der Waals surface area contributed by atoms with Crippen LogP contribution in [0, 0.1) is 17.3 Å². The van der Waals surface area contributed by atoms with Gasteiger partial charge in [0.15, 0.2) is 0 Å². The van der Waals surface area contributed by atoms with Crippen molar-refractivity contribution in [3.63, 3.8) is 0 Å². The number of nitrogens with one attached hydrogen (secondary N) is 1. The Morgan fingerprint density at radius 2 is 1.94 bits per heavy atom. The lowest BCUT2D eigenvalue weighted by Gasteiger charge is -2.08. The van der Waals surface area contributed by atoms with Crippen molar-refractivity contribution in [1.82, 2.24) is 5.32 Å². The van der Waals surface area contributed by atoms with E-state index < -0.39 is 5.97 Å². The van der Waals surface area contributed by atoms with Gasteiger partial charge in [0.05, 0.1) is 0 Å². The van der Waals surface area contributed by atoms with Crippen LogP contribution < -0.4 is 5.32 Å². The van der Waals surface area contributed by atoms with Crippen molar-refractivity contribution in [1.29, 1.82) is 0 Å². The zero-order valence-electron chi connectivity index (χ0n) is 10.2. The average Bonchev–Trinajstić information content (AvgIpc) is 2.73. The van der Waals surface area contributed by atoms with Crippen LogP contribution in [0.2, 0.25) is 0 Å². The Bertz CT molecular complexity index is 342. The number of rotatable bonds is 4. The minimum Gasteiger partial charge on any atom is -0.477 e. The van der Waals surface area contributed by atoms with Crippen molar-refractivity contribution in [3.05, 3.63) is 11.8 Å². The van der Waals surface area contributed by atoms with Crippen molar-refractivity contribution in [2.45, 2.75) is 34.1 Å². The predicted octanol–water partition coefficient (Wildman–Crippen LogP) is 1.77. The molecule has 16 heavy (non-hydrogen) atoms. The van der Waals surface area contributed by atoms with Gasteiger partial charge in [0.1, 0.15) is 5.70 Å². The van der Waals surface area contributed by atoms with Gasteiger partial charge in [-0.05, 0) is 17.8 Å². The molecule has 0 spiro atoms. The number of allylic oxidation sites excluding steroid dienone is 1. The van der Waals surface area contributed by atoms with Crippen LogP contribution in [0.4, 0.5) is 0 Å². The lowest BCUT2D eigenvalue weighted by molar-refractivity contribution is -0.135. The van der Waals surface area contributed by atoms with Crippen molar-refractivity contribution in [2.75, 3.05) is 0 Å². The molecule has 0 aromatic heterocycles. The van der Waals surface area contributed by atoms with Gasteiger partial charge < -0.3 is 10.4 Å². The average molecular weight is 225 g/mol. The molecule has 1 amide bonds. The van der Waals surface area contributed by atoms with E-state index >= 15 is 0 Å². The minimum atomic E-state index is -1.08. The lowest BCUT2D eigenvalue weighted by atomic mass is 10.1. The highest BCUT2D eigenvalue weighted by Gasteiger charge is 2.50. The van der Waals surface area contributed by atoms with E-state index in [1.807, 2.05) is 27.7 Å². The van der Waals surface area contributed by atoms with Crippen LogP contribution in [0.1, 0.15) is 34.1 Å². The van der Waals surface area contributed by atoms with Gasteiger partial charge in [-0.25, -0.2) is 4.79 Å². The molecule has 4 heteroatoms. The number of amides is 1. The molecular weight excluding hydrogens is 206 g/mol. The maximum absolute atomic E-state index is 11.7. The topological polar surface area (TPSA) is 66.4 Å². The van der Waals surface area contributed by atoms with Crippen LogP contribution in [0.25, 0.3) is 0 Å². The number of aliphatic carboxylic acids is 1. The molecule has 1 aliphatic rings. The number of carbonyl (C=O) groups is 2. The normalized spacial score (nSPS) is 23.1. The lowest BCUT2D eigenvalue weighted by Crippen LogP contribution is -2.30. The first-order valence-corrected chi connectivity index (χ1v) is 5.50. The molecule has 1 atom stereocenters. The van der Waals surface area contributed by atoms with Crippen LogP contribution in [-0.2, 0) is 9.59 Å². The molecule has 4 nitrogen and oxygen atoms in total. The van der Waals surface area contributed by atoms with Crippen LogP contribution in [0.15, 0.2) is 11.8 Å². The molecule has 2 N–H and O–H groups in total. The number of carboxylic acid groups (broad SMARTS) is 1. The maximum atomic E-state index is 11.7. The second-order valence-corrected chi connectivity index (χ2v) is 5.36. The molecule has 0 aromatic rings. The van der Waals surface area contributed by atoms with E-state index in [0.717, 1.165) is 6.42 Å². The molecule has 0 bridgehead atoms. The Morgan fingerprint density at radius 3 is 2.25 bits per heavy atom. The first kappa shape index (κ1) is 12.7. The summed E-state index contributed by atoms with van der Waals surface area (Å²) in [5, 5.41) is 11.4. The Labute approximate surface area is 95.7 Å². The molecule has 0 aromatic carbocycles. The van der Waals surface area contributed by atoms with Gasteiger partial charge in [-0.15, -0.1) is 0 Å². The fourth-order valence-corrected chi connectivity index (χ4v) is 1.63. The minimum absolute atomic E-state index is 0.0114. The first-order valence-electron chi connectivity index (χ1n) is 5.50. The summed E-state index contributed by atoms with van der Waals surface area (Å²) >= 11 is 0. The van der Waals surface area contributed by atoms with Gasteiger partial charge >= 0.3 is 5.97 Å². The Kier molecular flexibility index (Phi) is 3.41. The second kappa shape index (κ2) is 4.28. The Morgan fingerprint density at radius 1 is 1.44 bits per heavy atom. The van der Waals surface area contributed by atoms with Crippen LogP contribution in [0.5, 0.6) is 0 Å². The third kappa shape index (κ3) is 3.08. The highest BCUT2D eigenvalue weighted by molar-refractivity contribution is 5.94. The summed E-state index contributed by atoms with van der Waals surface area (Å²) in [5.41, 5.74) is 0.00798. The van der Waals surface area contributed by atoms with Gasteiger partial charge in [0.2, 0.25) is 5.91 Å². The molecule has 1 rings (SSSR count). The van der Waals surface area contributed by atoms with Gasteiger partial charge in [-0.1, -0.05) is 33.8 Å². The summed E-state index contributed by atoms with van der Waals surface area (Å²) in [6, 6.07) is 0. The van der Waals surface area contributed by atoms with Crippen molar-refractivity contribution < 1.29 is 14.7 Å². The summed E-state index contributed by atoms with van der Waals surface area (Å²) in [6.45, 7) is 7.75. The fourth-order valence-electron chi connectivity index (χ4n) is 1.63. The highest BCUT2D eigenvalue weighted by Crippen LogP contribution is 2.51. The molecule has 0 aliphatic heterocycles. The van der Waals surface area contributed by atoms with Crippen molar-refractivity contribution in [2.24, 2.45) is 17.3 Å². The molecule has 1 unspecified atom stereocenters. The zero-order chi connectivity index (χ0) is 12.5. The zero-order valence-corrected chi connectivity index (χ0v) is 10.2. The number of hydrogen-bond donors (Lipinski definition) is 2. The largest absolute Gasteiger partial charge is 0.477 e. The van der Waals surface area contributed by atoms with Crippen molar-refractivity contribution in [3.8, 4) is 0 Å². The van der Waals surface area contributed by atoms with E-state index in [1.165, 1.54) is 0 Å². The Balaban J connectivity index is 2.64. The molecule has 0 radical (unpaired) electrons. The standard InChI is InChI=1S/C12H19NO3/c1-7(2)5-9(11(15)16)13-10(14)8-6-12(8,3)4/h5,7-8H,6H2,1-4H3,(H,13,14)(H,15,16)/b9-5-. The fraction of sp³-hybridized carbons (Fsp3) is 0.667. The Hall–Kier alpha value is -1.32. The SMILES string of the molecule is CC(C)/C=C(\NC(=O)C1CC1(C)C)C(=O)O. The van der Waals surface area contributed by atoms with E-state index in [4.69, 9.17) is 5.11 Å². The van der Waals surface area contributed by atoms with E-state index in [2.05, 4.69) is 5.32 Å². The van der Waals surface area contributed by atoms with Gasteiger partial charge in [-0.3, -0.25) is 4.79 Å². The first-order chi connectivity index (χ1) is 7.24. The van der Waals surface area contributed by atoms with E-state index in [0.29, 0.717) is 0 Å². The summed E-state index contributed by atoms with van der Waals surface area (Å²) in [5.74, 6) is -1.22. The maximum Gasteiger partial charge on any atom is 0.352 e. The molecule has 0 saturated heterocycles. The molecule has 90 valence electrons. The van der Waals surface area contributed by atoms with Gasteiger partial charge in [-0.2, -0.15) is 0 Å². The molecule has 1 saturated carbocycles. The van der Waals surface area contributed by atoms with E-state index in [1.54, 1.807) is 6.08 Å². The molecule has 0 heterocycles. The van der Waals surface area contributed by atoms with Crippen LogP contribution in [0.3, 0.4) is 0 Å². The second-order valence-electron chi connectivity index (χ2n) is 5.36. The third-order valence-corrected chi connectivity index (χ3v) is 2.82. The third-order valence-electron chi connectivity index (χ3n) is 2.82. The van der Waals surface area contributed by atoms with Gasteiger partial charge in [0.25, 0.3) is 0 Å². The smallest absolute Gasteiger partial charge is 0.352 e. The summed E-state index contributed by atoms with van der Waals surface area (Å²) in [4.78, 5) is 22.6. The van der Waals surface area contributed by atoms with Crippen molar-refractivity contribution >= 4 is 11.9 Å². The monoisotopic (exact) mass is 225 g/mol. The summed E-state index contributed by atoms with van der Waals surface area (Å²) in [7, 11) is 0. The quantitative estimate of drug-likeness (QED) is 0.717.